The van der Waals surface area contributed by atoms with Gasteiger partial charge >= 0.3 is 0 Å². The highest BCUT2D eigenvalue weighted by atomic mass is 79.9. The number of halogens is 2. The normalized spacial score (nSPS) is 12.7. The summed E-state index contributed by atoms with van der Waals surface area (Å²) in [5, 5.41) is 9.99. The molecule has 1 atom stereocenters. The average Bonchev–Trinajstić information content (AvgIpc) is 2.65. The smallest absolute Gasteiger partial charge is 0.0932 e. The summed E-state index contributed by atoms with van der Waals surface area (Å²) in [6.07, 6.45) is 3.50. The molecule has 0 aliphatic heterocycles. The van der Waals surface area contributed by atoms with Crippen molar-refractivity contribution in [1.82, 2.24) is 4.98 Å². The molecule has 0 aliphatic rings. The van der Waals surface area contributed by atoms with E-state index in [4.69, 9.17) is 11.6 Å². The van der Waals surface area contributed by atoms with Gasteiger partial charge in [0.25, 0.3) is 0 Å². The second-order valence-corrected chi connectivity index (χ2v) is 6.04. The van der Waals surface area contributed by atoms with Gasteiger partial charge in [-0.2, -0.15) is 0 Å². The number of hydrogen-bond acceptors (Lipinski definition) is 3. The maximum atomic E-state index is 9.99. The van der Waals surface area contributed by atoms with E-state index < -0.39 is 6.10 Å². The summed E-state index contributed by atoms with van der Waals surface area (Å²) in [4.78, 5) is 4.94. The number of rotatable bonds is 3. The topological polar surface area (TPSA) is 33.1 Å². The number of pyridine rings is 1. The van der Waals surface area contributed by atoms with E-state index in [0.717, 1.165) is 14.9 Å². The average molecular weight is 319 g/mol. The Kier molecular flexibility index (Phi) is 3.97. The molecule has 0 aromatic carbocycles. The zero-order valence-electron chi connectivity index (χ0n) is 8.23. The number of aromatic nitrogens is 1. The van der Waals surface area contributed by atoms with Crippen LogP contribution in [0.4, 0.5) is 0 Å². The van der Waals surface area contributed by atoms with Crippen molar-refractivity contribution in [3.05, 3.63) is 49.8 Å². The summed E-state index contributed by atoms with van der Waals surface area (Å²) >= 11 is 10.6. The summed E-state index contributed by atoms with van der Waals surface area (Å²) in [5.74, 6) is 0. The van der Waals surface area contributed by atoms with E-state index in [2.05, 4.69) is 20.9 Å². The van der Waals surface area contributed by atoms with Crippen molar-refractivity contribution in [3.63, 3.8) is 0 Å². The Morgan fingerprint density at radius 2 is 2.25 bits per heavy atom. The first kappa shape index (κ1) is 12.0. The van der Waals surface area contributed by atoms with Crippen LogP contribution in [0.1, 0.15) is 16.5 Å². The number of aliphatic hydroxyl groups is 1. The Morgan fingerprint density at radius 1 is 1.44 bits per heavy atom. The minimum Gasteiger partial charge on any atom is -0.387 e. The van der Waals surface area contributed by atoms with Crippen LogP contribution in [0.2, 0.25) is 4.34 Å². The summed E-state index contributed by atoms with van der Waals surface area (Å²) in [5.41, 5.74) is 0.992. The molecule has 2 rings (SSSR count). The summed E-state index contributed by atoms with van der Waals surface area (Å²) in [6.45, 7) is 0. The summed E-state index contributed by atoms with van der Waals surface area (Å²) in [6, 6.07) is 5.60. The maximum Gasteiger partial charge on any atom is 0.0932 e. The fraction of sp³-hybridized carbons (Fsp3) is 0.182. The van der Waals surface area contributed by atoms with E-state index in [0.29, 0.717) is 10.8 Å². The Hall–Kier alpha value is -0.420. The molecule has 1 N–H and O–H groups in total. The SMILES string of the molecule is OC(Cc1cncc(Br)c1)c1ccc(Cl)s1. The molecule has 0 saturated carbocycles. The van der Waals surface area contributed by atoms with E-state index in [9.17, 15) is 5.11 Å². The first-order chi connectivity index (χ1) is 7.65. The van der Waals surface area contributed by atoms with E-state index in [1.165, 1.54) is 11.3 Å². The molecule has 0 aliphatic carbocycles. The lowest BCUT2D eigenvalue weighted by atomic mass is 10.1. The molecule has 2 nitrogen and oxygen atoms in total. The summed E-state index contributed by atoms with van der Waals surface area (Å²) in [7, 11) is 0. The van der Waals surface area contributed by atoms with Gasteiger partial charge in [0.05, 0.1) is 10.4 Å². The first-order valence-electron chi connectivity index (χ1n) is 4.68. The van der Waals surface area contributed by atoms with Gasteiger partial charge in [0.15, 0.2) is 0 Å². The lowest BCUT2D eigenvalue weighted by molar-refractivity contribution is 0.182. The molecule has 0 amide bonds. The largest absolute Gasteiger partial charge is 0.387 e. The zero-order valence-corrected chi connectivity index (χ0v) is 11.4. The van der Waals surface area contributed by atoms with E-state index in [1.54, 1.807) is 18.5 Å². The Labute approximate surface area is 111 Å². The highest BCUT2D eigenvalue weighted by Crippen LogP contribution is 2.29. The van der Waals surface area contributed by atoms with Crippen molar-refractivity contribution >= 4 is 38.9 Å². The standard InChI is InChI=1S/C11H9BrClNOS/c12-8-3-7(5-14-6-8)4-9(15)10-1-2-11(13)16-10/h1-3,5-6,9,15H,4H2. The number of thiophene rings is 1. The molecule has 0 saturated heterocycles. The molecule has 5 heteroatoms. The van der Waals surface area contributed by atoms with Gasteiger partial charge in [-0.25, -0.2) is 0 Å². The molecular weight excluding hydrogens is 310 g/mol. The van der Waals surface area contributed by atoms with Crippen LogP contribution in [0.5, 0.6) is 0 Å². The van der Waals surface area contributed by atoms with Crippen LogP contribution in [-0.2, 0) is 6.42 Å². The third kappa shape index (κ3) is 3.04. The van der Waals surface area contributed by atoms with Crippen LogP contribution in [0, 0.1) is 0 Å². The minimum absolute atomic E-state index is 0.520. The van der Waals surface area contributed by atoms with Crippen LogP contribution in [0.3, 0.4) is 0 Å². The quantitative estimate of drug-likeness (QED) is 0.933. The molecule has 0 spiro atoms. The van der Waals surface area contributed by atoms with Crippen LogP contribution >= 0.6 is 38.9 Å². The summed E-state index contributed by atoms with van der Waals surface area (Å²) < 4.78 is 1.61. The van der Waals surface area contributed by atoms with Gasteiger partial charge in [0.2, 0.25) is 0 Å². The van der Waals surface area contributed by atoms with Gasteiger partial charge in [-0.05, 0) is 39.7 Å². The van der Waals surface area contributed by atoms with Crippen LogP contribution < -0.4 is 0 Å². The predicted molar refractivity (Wildman–Crippen MR) is 69.9 cm³/mol. The number of aliphatic hydroxyl groups excluding tert-OH is 1. The van der Waals surface area contributed by atoms with Crippen molar-refractivity contribution in [2.45, 2.75) is 12.5 Å². The van der Waals surface area contributed by atoms with Crippen molar-refractivity contribution in [1.29, 1.82) is 0 Å². The van der Waals surface area contributed by atoms with E-state index >= 15 is 0 Å². The molecule has 16 heavy (non-hydrogen) atoms. The van der Waals surface area contributed by atoms with Crippen molar-refractivity contribution in [3.8, 4) is 0 Å². The van der Waals surface area contributed by atoms with Gasteiger partial charge < -0.3 is 5.11 Å². The fourth-order valence-electron chi connectivity index (χ4n) is 1.40. The molecule has 0 fully saturated rings. The van der Waals surface area contributed by atoms with Gasteiger partial charge in [0.1, 0.15) is 0 Å². The highest BCUT2D eigenvalue weighted by molar-refractivity contribution is 9.10. The van der Waals surface area contributed by atoms with Gasteiger partial charge in [-0.15, -0.1) is 11.3 Å². The van der Waals surface area contributed by atoms with Crippen molar-refractivity contribution in [2.75, 3.05) is 0 Å². The minimum atomic E-state index is -0.520. The third-order valence-electron chi connectivity index (χ3n) is 2.11. The van der Waals surface area contributed by atoms with Crippen LogP contribution in [0.25, 0.3) is 0 Å². The monoisotopic (exact) mass is 317 g/mol. The maximum absolute atomic E-state index is 9.99. The number of hydrogen-bond donors (Lipinski definition) is 1. The molecule has 2 aromatic heterocycles. The Balaban J connectivity index is 2.10. The lowest BCUT2D eigenvalue weighted by Crippen LogP contribution is -1.99. The fourth-order valence-corrected chi connectivity index (χ4v) is 2.86. The second-order valence-electron chi connectivity index (χ2n) is 3.37. The molecule has 1 unspecified atom stereocenters. The number of nitrogens with zero attached hydrogens (tertiary/aromatic N) is 1. The van der Waals surface area contributed by atoms with Crippen LogP contribution in [0.15, 0.2) is 35.1 Å². The lowest BCUT2D eigenvalue weighted by Gasteiger charge is -2.08. The first-order valence-corrected chi connectivity index (χ1v) is 6.66. The molecule has 0 bridgehead atoms. The molecular formula is C11H9BrClNOS. The molecule has 84 valence electrons. The van der Waals surface area contributed by atoms with E-state index in [-0.39, 0.29) is 0 Å². The second kappa shape index (κ2) is 5.27. The Bertz CT molecular complexity index is 488. The van der Waals surface area contributed by atoms with Gasteiger partial charge in [-0.1, -0.05) is 11.6 Å². The van der Waals surface area contributed by atoms with Gasteiger partial charge in [0, 0.05) is 28.2 Å². The Morgan fingerprint density at radius 3 is 2.88 bits per heavy atom. The zero-order chi connectivity index (χ0) is 11.5. The molecule has 0 radical (unpaired) electrons. The van der Waals surface area contributed by atoms with Crippen LogP contribution in [-0.4, -0.2) is 10.1 Å². The van der Waals surface area contributed by atoms with Crippen molar-refractivity contribution in [2.24, 2.45) is 0 Å². The highest BCUT2D eigenvalue weighted by Gasteiger charge is 2.11. The molecule has 2 heterocycles. The predicted octanol–water partition coefficient (Wildman–Crippen LogP) is 3.84. The van der Waals surface area contributed by atoms with E-state index in [1.807, 2.05) is 12.1 Å². The van der Waals surface area contributed by atoms with Crippen molar-refractivity contribution < 1.29 is 5.11 Å². The molecule has 2 aromatic rings. The third-order valence-corrected chi connectivity index (χ3v) is 3.88. The van der Waals surface area contributed by atoms with Gasteiger partial charge in [-0.3, -0.25) is 4.98 Å².